The van der Waals surface area contributed by atoms with Gasteiger partial charge in [-0.2, -0.15) is 0 Å². The van der Waals surface area contributed by atoms with Crippen LogP contribution >= 0.6 is 0 Å². The SMILES string of the molecule is CC(NC(=O)CC1CCCC1NC(=O)OCC1c2ccccc2-c2ccccc21)C(=O)O. The lowest BCUT2D eigenvalue weighted by molar-refractivity contribution is -0.141. The van der Waals surface area contributed by atoms with Crippen LogP contribution in [0.1, 0.15) is 49.7 Å². The zero-order chi connectivity index (χ0) is 22.7. The van der Waals surface area contributed by atoms with E-state index in [-0.39, 0.29) is 36.8 Å². The number of hydrogen-bond acceptors (Lipinski definition) is 4. The van der Waals surface area contributed by atoms with E-state index in [2.05, 4.69) is 34.9 Å². The van der Waals surface area contributed by atoms with Crippen LogP contribution in [0.5, 0.6) is 0 Å². The number of ether oxygens (including phenoxy) is 1. The van der Waals surface area contributed by atoms with Crippen LogP contribution in [0.25, 0.3) is 11.1 Å². The molecule has 4 rings (SSSR count). The lowest BCUT2D eigenvalue weighted by atomic mass is 9.98. The van der Waals surface area contributed by atoms with Gasteiger partial charge in [-0.25, -0.2) is 4.79 Å². The molecule has 0 aliphatic heterocycles. The molecular formula is C25H28N2O5. The summed E-state index contributed by atoms with van der Waals surface area (Å²) in [5.41, 5.74) is 4.66. The lowest BCUT2D eigenvalue weighted by Gasteiger charge is -2.22. The van der Waals surface area contributed by atoms with Crippen molar-refractivity contribution < 1.29 is 24.2 Å². The minimum Gasteiger partial charge on any atom is -0.480 e. The first-order valence-corrected chi connectivity index (χ1v) is 11.1. The largest absolute Gasteiger partial charge is 0.480 e. The molecule has 2 aliphatic carbocycles. The fraction of sp³-hybridized carbons (Fsp3) is 0.400. The molecule has 0 saturated heterocycles. The molecule has 0 spiro atoms. The zero-order valence-electron chi connectivity index (χ0n) is 18.0. The Kier molecular flexibility index (Phi) is 6.44. The van der Waals surface area contributed by atoms with Gasteiger partial charge in [-0.15, -0.1) is 0 Å². The standard InChI is InChI=1S/C25H28N2O5/c1-15(24(29)30)26-23(28)13-16-7-6-12-22(16)27-25(31)32-14-21-19-10-4-2-8-17(19)18-9-3-5-11-20(18)21/h2-5,8-11,15-16,21-22H,6-7,12-14H2,1H3,(H,26,28)(H,27,31)(H,29,30). The average molecular weight is 437 g/mol. The molecule has 3 N–H and O–H groups in total. The highest BCUT2D eigenvalue weighted by Gasteiger charge is 2.33. The summed E-state index contributed by atoms with van der Waals surface area (Å²) in [5.74, 6) is -1.42. The number of carboxylic acids is 1. The summed E-state index contributed by atoms with van der Waals surface area (Å²) in [7, 11) is 0. The Bertz CT molecular complexity index is 975. The van der Waals surface area contributed by atoms with Gasteiger partial charge in [0.25, 0.3) is 0 Å². The summed E-state index contributed by atoms with van der Waals surface area (Å²) >= 11 is 0. The predicted molar refractivity (Wildman–Crippen MR) is 119 cm³/mol. The van der Waals surface area contributed by atoms with Gasteiger partial charge in [0.1, 0.15) is 12.6 Å². The van der Waals surface area contributed by atoms with E-state index in [1.54, 1.807) is 0 Å². The number of carbonyl (C=O) groups is 3. The van der Waals surface area contributed by atoms with Crippen molar-refractivity contribution in [1.29, 1.82) is 0 Å². The zero-order valence-corrected chi connectivity index (χ0v) is 18.0. The van der Waals surface area contributed by atoms with Gasteiger partial charge in [-0.05, 0) is 47.9 Å². The van der Waals surface area contributed by atoms with E-state index in [9.17, 15) is 14.4 Å². The number of hydrogen-bond donors (Lipinski definition) is 3. The van der Waals surface area contributed by atoms with E-state index in [1.807, 2.05) is 24.3 Å². The molecule has 2 aromatic carbocycles. The third kappa shape index (κ3) is 4.61. The molecule has 3 atom stereocenters. The van der Waals surface area contributed by atoms with Crippen LogP contribution in [-0.4, -0.2) is 41.8 Å². The second-order valence-electron chi connectivity index (χ2n) is 8.60. The Morgan fingerprint density at radius 2 is 1.66 bits per heavy atom. The van der Waals surface area contributed by atoms with Crippen molar-refractivity contribution in [3.8, 4) is 11.1 Å². The van der Waals surface area contributed by atoms with E-state index in [0.29, 0.717) is 0 Å². The molecule has 2 amide bonds. The second-order valence-corrected chi connectivity index (χ2v) is 8.60. The van der Waals surface area contributed by atoms with Crippen LogP contribution < -0.4 is 10.6 Å². The first kappa shape index (κ1) is 21.9. The van der Waals surface area contributed by atoms with Gasteiger partial charge >= 0.3 is 12.1 Å². The van der Waals surface area contributed by atoms with E-state index in [4.69, 9.17) is 9.84 Å². The number of rotatable bonds is 7. The van der Waals surface area contributed by atoms with Gasteiger partial charge in [0.15, 0.2) is 0 Å². The van der Waals surface area contributed by atoms with Gasteiger partial charge < -0.3 is 20.5 Å². The maximum atomic E-state index is 12.6. The summed E-state index contributed by atoms with van der Waals surface area (Å²) in [6.07, 6.45) is 2.19. The molecule has 2 aliphatic rings. The van der Waals surface area contributed by atoms with Gasteiger partial charge in [-0.3, -0.25) is 9.59 Å². The minimum absolute atomic E-state index is 0.00388. The maximum absolute atomic E-state index is 12.6. The predicted octanol–water partition coefficient (Wildman–Crippen LogP) is 3.67. The number of amides is 2. The van der Waals surface area contributed by atoms with Crippen LogP contribution in [-0.2, 0) is 14.3 Å². The van der Waals surface area contributed by atoms with Crippen molar-refractivity contribution in [3.63, 3.8) is 0 Å². The number of benzene rings is 2. The molecular weight excluding hydrogens is 408 g/mol. The smallest absolute Gasteiger partial charge is 0.407 e. The lowest BCUT2D eigenvalue weighted by Crippen LogP contribution is -2.42. The van der Waals surface area contributed by atoms with Crippen LogP contribution in [0.2, 0.25) is 0 Å². The second kappa shape index (κ2) is 9.42. The quantitative estimate of drug-likeness (QED) is 0.614. The monoisotopic (exact) mass is 436 g/mol. The van der Waals surface area contributed by atoms with Crippen LogP contribution in [0.15, 0.2) is 48.5 Å². The van der Waals surface area contributed by atoms with E-state index in [0.717, 1.165) is 30.4 Å². The molecule has 32 heavy (non-hydrogen) atoms. The molecule has 0 aromatic heterocycles. The third-order valence-corrected chi connectivity index (χ3v) is 6.50. The molecule has 3 unspecified atom stereocenters. The summed E-state index contributed by atoms with van der Waals surface area (Å²) < 4.78 is 5.62. The Labute approximate surface area is 187 Å². The van der Waals surface area contributed by atoms with E-state index >= 15 is 0 Å². The average Bonchev–Trinajstić information content (AvgIpc) is 3.34. The van der Waals surface area contributed by atoms with Crippen molar-refractivity contribution in [2.75, 3.05) is 6.61 Å². The van der Waals surface area contributed by atoms with Gasteiger partial charge in [0.2, 0.25) is 5.91 Å². The van der Waals surface area contributed by atoms with Crippen molar-refractivity contribution >= 4 is 18.0 Å². The minimum atomic E-state index is -1.07. The highest BCUT2D eigenvalue weighted by atomic mass is 16.5. The van der Waals surface area contributed by atoms with Gasteiger partial charge in [0, 0.05) is 18.4 Å². The Balaban J connectivity index is 1.33. The Morgan fingerprint density at radius 1 is 1.03 bits per heavy atom. The normalized spacial score (nSPS) is 20.2. The maximum Gasteiger partial charge on any atom is 0.407 e. The molecule has 0 heterocycles. The summed E-state index contributed by atoms with van der Waals surface area (Å²) in [6, 6.07) is 15.3. The number of nitrogens with one attached hydrogen (secondary N) is 2. The molecule has 0 bridgehead atoms. The number of aliphatic carboxylic acids is 1. The Hall–Kier alpha value is -3.35. The number of fused-ring (bicyclic) bond motifs is 3. The first-order valence-electron chi connectivity index (χ1n) is 11.1. The van der Waals surface area contributed by atoms with Crippen LogP contribution in [0.4, 0.5) is 4.79 Å². The molecule has 7 heteroatoms. The fourth-order valence-electron chi connectivity index (χ4n) is 4.86. The number of carbonyl (C=O) groups excluding carboxylic acids is 2. The Morgan fingerprint density at radius 3 is 2.28 bits per heavy atom. The van der Waals surface area contributed by atoms with Crippen molar-refractivity contribution in [1.82, 2.24) is 10.6 Å². The summed E-state index contributed by atoms with van der Waals surface area (Å²) in [4.78, 5) is 35.7. The number of alkyl carbamates (subject to hydrolysis) is 1. The first-order chi connectivity index (χ1) is 15.4. The molecule has 2 aromatic rings. The number of carboxylic acid groups (broad SMARTS) is 1. The van der Waals surface area contributed by atoms with Gasteiger partial charge in [-0.1, -0.05) is 55.0 Å². The van der Waals surface area contributed by atoms with Crippen molar-refractivity contribution in [2.24, 2.45) is 5.92 Å². The molecule has 1 fully saturated rings. The molecule has 1 saturated carbocycles. The van der Waals surface area contributed by atoms with Gasteiger partial charge in [0.05, 0.1) is 0 Å². The summed E-state index contributed by atoms with van der Waals surface area (Å²) in [5, 5.41) is 14.3. The van der Waals surface area contributed by atoms with E-state index < -0.39 is 18.1 Å². The van der Waals surface area contributed by atoms with Crippen molar-refractivity contribution in [2.45, 2.75) is 50.6 Å². The molecule has 168 valence electrons. The van der Waals surface area contributed by atoms with Crippen LogP contribution in [0.3, 0.4) is 0 Å². The topological polar surface area (TPSA) is 105 Å². The fourth-order valence-corrected chi connectivity index (χ4v) is 4.86. The molecule has 0 radical (unpaired) electrons. The highest BCUT2D eigenvalue weighted by Crippen LogP contribution is 2.44. The summed E-state index contributed by atoms with van der Waals surface area (Å²) in [6.45, 7) is 1.68. The van der Waals surface area contributed by atoms with Crippen LogP contribution in [0, 0.1) is 5.92 Å². The molecule has 7 nitrogen and oxygen atoms in total. The van der Waals surface area contributed by atoms with Crippen molar-refractivity contribution in [3.05, 3.63) is 59.7 Å². The van der Waals surface area contributed by atoms with E-state index in [1.165, 1.54) is 18.1 Å². The highest BCUT2D eigenvalue weighted by molar-refractivity contribution is 5.83. The third-order valence-electron chi connectivity index (χ3n) is 6.50.